The second-order valence-electron chi connectivity index (χ2n) is 4.27. The molecule has 0 fully saturated rings. The van der Waals surface area contributed by atoms with E-state index in [1.807, 2.05) is 0 Å². The lowest BCUT2D eigenvalue weighted by Gasteiger charge is -2.09. The van der Waals surface area contributed by atoms with E-state index in [1.165, 1.54) is 0 Å². The van der Waals surface area contributed by atoms with E-state index in [4.69, 9.17) is 5.73 Å². The Kier molecular flexibility index (Phi) is 9.59. The lowest BCUT2D eigenvalue weighted by atomic mass is 10.1. The summed E-state index contributed by atoms with van der Waals surface area (Å²) < 4.78 is 0. The minimum absolute atomic E-state index is 0.197. The molecule has 0 aliphatic rings. The van der Waals surface area contributed by atoms with Crippen LogP contribution >= 0.6 is 0 Å². The lowest BCUT2D eigenvalue weighted by Crippen LogP contribution is -2.27. The molecule has 0 saturated carbocycles. The van der Waals surface area contributed by atoms with E-state index >= 15 is 0 Å². The molecule has 3 heteroatoms. The molecule has 0 saturated heterocycles. The number of nitrogens with two attached hydrogens (primary N) is 1. The van der Waals surface area contributed by atoms with Crippen LogP contribution in [0.1, 0.15) is 52.4 Å². The first-order valence-corrected chi connectivity index (χ1v) is 6.17. The first-order valence-electron chi connectivity index (χ1n) is 6.17. The van der Waals surface area contributed by atoms with Gasteiger partial charge in [0.15, 0.2) is 0 Å². The van der Waals surface area contributed by atoms with E-state index in [1.54, 1.807) is 0 Å². The second-order valence-corrected chi connectivity index (χ2v) is 4.27. The first-order chi connectivity index (χ1) is 7.20. The van der Waals surface area contributed by atoms with Crippen LogP contribution in [0.2, 0.25) is 0 Å². The van der Waals surface area contributed by atoms with E-state index < -0.39 is 0 Å². The highest BCUT2D eigenvalue weighted by Gasteiger charge is 2.03. The van der Waals surface area contributed by atoms with Crippen molar-refractivity contribution >= 4 is 5.91 Å². The molecule has 3 N–H and O–H groups in total. The fourth-order valence-electron chi connectivity index (χ4n) is 1.30. The van der Waals surface area contributed by atoms with E-state index in [0.717, 1.165) is 45.2 Å². The van der Waals surface area contributed by atoms with E-state index in [9.17, 15) is 4.79 Å². The van der Waals surface area contributed by atoms with Gasteiger partial charge in [0.2, 0.25) is 5.91 Å². The molecule has 90 valence electrons. The molecular formula is C12H26N2O. The summed E-state index contributed by atoms with van der Waals surface area (Å²) in [7, 11) is 0. The van der Waals surface area contributed by atoms with Crippen molar-refractivity contribution in [2.75, 3.05) is 13.1 Å². The molecular weight excluding hydrogens is 188 g/mol. The number of hydrogen-bond acceptors (Lipinski definition) is 2. The monoisotopic (exact) mass is 214 g/mol. The molecule has 15 heavy (non-hydrogen) atoms. The first kappa shape index (κ1) is 14.4. The summed E-state index contributed by atoms with van der Waals surface area (Å²) in [4.78, 5) is 11.4. The molecule has 0 radical (unpaired) electrons. The molecule has 0 spiro atoms. The van der Waals surface area contributed by atoms with E-state index in [-0.39, 0.29) is 5.91 Å². The van der Waals surface area contributed by atoms with Crippen LogP contribution in [0.5, 0.6) is 0 Å². The number of rotatable bonds is 9. The van der Waals surface area contributed by atoms with Crippen molar-refractivity contribution < 1.29 is 4.79 Å². The van der Waals surface area contributed by atoms with Crippen molar-refractivity contribution in [2.45, 2.75) is 52.4 Å². The zero-order valence-electron chi connectivity index (χ0n) is 10.2. The average molecular weight is 214 g/mol. The molecule has 0 aliphatic carbocycles. The van der Waals surface area contributed by atoms with Gasteiger partial charge in [0, 0.05) is 13.0 Å². The molecule has 0 heterocycles. The van der Waals surface area contributed by atoms with Crippen LogP contribution in [0.25, 0.3) is 0 Å². The molecule has 0 aliphatic heterocycles. The maximum atomic E-state index is 11.4. The number of hydrogen-bond donors (Lipinski definition) is 2. The van der Waals surface area contributed by atoms with Gasteiger partial charge in [0.25, 0.3) is 0 Å². The van der Waals surface area contributed by atoms with Gasteiger partial charge in [-0.25, -0.2) is 0 Å². The highest BCUT2D eigenvalue weighted by Crippen LogP contribution is 2.02. The average Bonchev–Trinajstić information content (AvgIpc) is 2.25. The summed E-state index contributed by atoms with van der Waals surface area (Å²) in [5.74, 6) is 0.786. The minimum atomic E-state index is 0.197. The van der Waals surface area contributed by atoms with Gasteiger partial charge in [-0.15, -0.1) is 0 Å². The second kappa shape index (κ2) is 9.97. The van der Waals surface area contributed by atoms with Gasteiger partial charge in [-0.05, 0) is 25.3 Å². The van der Waals surface area contributed by atoms with Crippen molar-refractivity contribution in [3.63, 3.8) is 0 Å². The summed E-state index contributed by atoms with van der Waals surface area (Å²) in [5, 5.41) is 2.96. The predicted molar refractivity (Wildman–Crippen MR) is 64.6 cm³/mol. The fraction of sp³-hybridized carbons (Fsp3) is 0.917. The number of carbonyl (C=O) groups is 1. The zero-order valence-corrected chi connectivity index (χ0v) is 10.2. The zero-order chi connectivity index (χ0) is 11.5. The molecule has 0 aromatic carbocycles. The largest absolute Gasteiger partial charge is 0.356 e. The highest BCUT2D eigenvalue weighted by molar-refractivity contribution is 5.75. The summed E-state index contributed by atoms with van der Waals surface area (Å²) in [6, 6.07) is 0. The highest BCUT2D eigenvalue weighted by atomic mass is 16.1. The third-order valence-corrected chi connectivity index (χ3v) is 2.70. The van der Waals surface area contributed by atoms with Crippen molar-refractivity contribution in [3.05, 3.63) is 0 Å². The Morgan fingerprint density at radius 3 is 2.53 bits per heavy atom. The number of unbranched alkanes of at least 4 members (excludes halogenated alkanes) is 3. The standard InChI is InChI=1S/C12H26N2O/c1-3-11(2)10-14-12(15)8-6-4-5-7-9-13/h11H,3-10,13H2,1-2H3,(H,14,15). The quantitative estimate of drug-likeness (QED) is 0.577. The molecule has 1 amide bonds. The lowest BCUT2D eigenvalue weighted by molar-refractivity contribution is -0.121. The van der Waals surface area contributed by atoms with Crippen LogP contribution in [0.15, 0.2) is 0 Å². The van der Waals surface area contributed by atoms with Crippen molar-refractivity contribution in [1.82, 2.24) is 5.32 Å². The smallest absolute Gasteiger partial charge is 0.220 e. The molecule has 3 nitrogen and oxygen atoms in total. The van der Waals surface area contributed by atoms with Crippen LogP contribution in [-0.4, -0.2) is 19.0 Å². The molecule has 0 aromatic heterocycles. The van der Waals surface area contributed by atoms with Gasteiger partial charge in [-0.2, -0.15) is 0 Å². The van der Waals surface area contributed by atoms with Crippen molar-refractivity contribution in [2.24, 2.45) is 11.7 Å². The minimum Gasteiger partial charge on any atom is -0.356 e. The van der Waals surface area contributed by atoms with Gasteiger partial charge in [-0.1, -0.05) is 33.1 Å². The van der Waals surface area contributed by atoms with Crippen molar-refractivity contribution in [3.8, 4) is 0 Å². The Labute approximate surface area is 93.8 Å². The molecule has 0 bridgehead atoms. The van der Waals surface area contributed by atoms with Gasteiger partial charge in [-0.3, -0.25) is 4.79 Å². The predicted octanol–water partition coefficient (Wildman–Crippen LogP) is 2.06. The Balaban J connectivity index is 3.26. The number of nitrogens with one attached hydrogen (secondary N) is 1. The number of amides is 1. The third kappa shape index (κ3) is 9.73. The van der Waals surface area contributed by atoms with Gasteiger partial charge in [0.05, 0.1) is 0 Å². The maximum Gasteiger partial charge on any atom is 0.220 e. The SMILES string of the molecule is CCC(C)CNC(=O)CCCCCCN. The summed E-state index contributed by atoms with van der Waals surface area (Å²) >= 11 is 0. The molecule has 0 rings (SSSR count). The van der Waals surface area contributed by atoms with Crippen molar-refractivity contribution in [1.29, 1.82) is 0 Å². The topological polar surface area (TPSA) is 55.1 Å². The van der Waals surface area contributed by atoms with Crippen LogP contribution in [0, 0.1) is 5.92 Å². The number of carbonyl (C=O) groups excluding carboxylic acids is 1. The van der Waals surface area contributed by atoms with Gasteiger partial charge >= 0.3 is 0 Å². The fourth-order valence-corrected chi connectivity index (χ4v) is 1.30. The normalized spacial score (nSPS) is 12.5. The van der Waals surface area contributed by atoms with Gasteiger partial charge in [0.1, 0.15) is 0 Å². The summed E-state index contributed by atoms with van der Waals surface area (Å²) in [6.07, 6.45) is 6.13. The summed E-state index contributed by atoms with van der Waals surface area (Å²) in [6.45, 7) is 5.88. The Morgan fingerprint density at radius 2 is 1.93 bits per heavy atom. The van der Waals surface area contributed by atoms with Crippen LogP contribution in [0.4, 0.5) is 0 Å². The van der Waals surface area contributed by atoms with Crippen LogP contribution < -0.4 is 11.1 Å². The Morgan fingerprint density at radius 1 is 1.27 bits per heavy atom. The van der Waals surface area contributed by atoms with E-state index in [2.05, 4.69) is 19.2 Å². The van der Waals surface area contributed by atoms with Gasteiger partial charge < -0.3 is 11.1 Å². The molecule has 1 unspecified atom stereocenters. The van der Waals surface area contributed by atoms with Crippen LogP contribution in [-0.2, 0) is 4.79 Å². The Hall–Kier alpha value is -0.570. The molecule has 1 atom stereocenters. The summed E-state index contributed by atoms with van der Waals surface area (Å²) in [5.41, 5.74) is 5.39. The van der Waals surface area contributed by atoms with Crippen LogP contribution in [0.3, 0.4) is 0 Å². The Bertz CT molecular complexity index is 160. The van der Waals surface area contributed by atoms with E-state index in [0.29, 0.717) is 12.3 Å². The molecule has 0 aromatic rings. The third-order valence-electron chi connectivity index (χ3n) is 2.70. The maximum absolute atomic E-state index is 11.4.